The Morgan fingerprint density at radius 2 is 0.500 bits per heavy atom. The summed E-state index contributed by atoms with van der Waals surface area (Å²) in [5.74, 6) is -0.583. The topological polar surface area (TPSA) is 110 Å². The first-order chi connectivity index (χ1) is 40.5. The minimum Gasteiger partial charge on any atom is -0.394 e. The Bertz CT molecular complexity index is 1210. The first-order valence-electron chi connectivity index (χ1n) is 38.1. The largest absolute Gasteiger partial charge is 0.394 e. The fourth-order valence-corrected chi connectivity index (χ4v) is 12.6. The van der Waals surface area contributed by atoms with Crippen molar-refractivity contribution >= 4 is 5.91 Å². The van der Waals surface area contributed by atoms with Gasteiger partial charge in [0.2, 0.25) is 5.91 Å². The predicted molar refractivity (Wildman–Crippen MR) is 362 cm³/mol. The van der Waals surface area contributed by atoms with Crippen LogP contribution in [0, 0.1) is 0 Å². The molecule has 4 atom stereocenters. The highest BCUT2D eigenvalue weighted by Gasteiger charge is 2.28. The maximum absolute atomic E-state index is 12.7. The van der Waals surface area contributed by atoms with Crippen LogP contribution >= 0.6 is 0 Å². The Morgan fingerprint density at radius 1 is 0.293 bits per heavy atom. The molecule has 0 aromatic carbocycles. The lowest BCUT2D eigenvalue weighted by Crippen LogP contribution is -2.53. The monoisotopic (exact) mass is 1160 g/mol. The molecule has 0 saturated carbocycles. The van der Waals surface area contributed by atoms with E-state index in [0.717, 1.165) is 38.5 Å². The number of aliphatic hydroxyl groups is 4. The van der Waals surface area contributed by atoms with Crippen molar-refractivity contribution in [2.75, 3.05) is 6.61 Å². The molecular weight excluding hydrogens is 1010 g/mol. The third-order valence-corrected chi connectivity index (χ3v) is 18.5. The molecule has 0 aromatic rings. The molecule has 0 aliphatic rings. The lowest BCUT2D eigenvalue weighted by atomic mass is 10.00. The molecule has 6 heteroatoms. The molecule has 0 heterocycles. The highest BCUT2D eigenvalue weighted by Crippen LogP contribution is 2.21. The van der Waals surface area contributed by atoms with Gasteiger partial charge in [0.15, 0.2) is 0 Å². The van der Waals surface area contributed by atoms with E-state index in [1.54, 1.807) is 0 Å². The van der Waals surface area contributed by atoms with E-state index in [-0.39, 0.29) is 0 Å². The van der Waals surface area contributed by atoms with Gasteiger partial charge in [-0.3, -0.25) is 4.79 Å². The molecule has 0 aliphatic heterocycles. The second-order valence-electron chi connectivity index (χ2n) is 26.7. The Labute approximate surface area is 514 Å². The van der Waals surface area contributed by atoms with Crippen LogP contribution in [0.1, 0.15) is 438 Å². The summed E-state index contributed by atoms with van der Waals surface area (Å²) in [7, 11) is 0. The van der Waals surface area contributed by atoms with Gasteiger partial charge >= 0.3 is 0 Å². The van der Waals surface area contributed by atoms with Gasteiger partial charge in [0, 0.05) is 0 Å². The van der Waals surface area contributed by atoms with E-state index in [1.807, 2.05) is 0 Å². The summed E-state index contributed by atoms with van der Waals surface area (Å²) in [5.41, 5.74) is 0. The number of carbonyl (C=O) groups excluding carboxylic acids is 1. The highest BCUT2D eigenvalue weighted by atomic mass is 16.3. The molecule has 0 radical (unpaired) electrons. The van der Waals surface area contributed by atoms with Gasteiger partial charge in [-0.25, -0.2) is 0 Å². The van der Waals surface area contributed by atoms with Crippen LogP contribution < -0.4 is 5.32 Å². The van der Waals surface area contributed by atoms with E-state index in [2.05, 4.69) is 31.3 Å². The van der Waals surface area contributed by atoms with Gasteiger partial charge in [-0.2, -0.15) is 0 Å². The molecule has 5 N–H and O–H groups in total. The molecule has 0 aromatic heterocycles. The van der Waals surface area contributed by atoms with Crippen molar-refractivity contribution in [3.05, 3.63) is 12.2 Å². The molecule has 0 bridgehead atoms. The lowest BCUT2D eigenvalue weighted by Gasteiger charge is -2.27. The summed E-state index contributed by atoms with van der Waals surface area (Å²) in [6, 6.07) is -1.00. The third-order valence-electron chi connectivity index (χ3n) is 18.5. The number of hydrogen-bond donors (Lipinski definition) is 5. The zero-order valence-corrected chi connectivity index (χ0v) is 56.0. The maximum atomic E-state index is 12.7. The number of nitrogens with one attached hydrogen (secondary N) is 1. The van der Waals surface area contributed by atoms with Crippen molar-refractivity contribution in [2.45, 2.75) is 462 Å². The SMILES string of the molecule is CCCCCCCCCCCCCCCCCCCCCCCCCCC/C=C/CCCC(O)C(O)C(CO)NC(=O)C(O)CCCCCCCCCCCCCCCCCCCCCCCCCCCCCCCCCCCCCC. The molecule has 0 aliphatic carbocycles. The van der Waals surface area contributed by atoms with Crippen LogP contribution in [0.2, 0.25) is 0 Å². The molecule has 4 unspecified atom stereocenters. The number of amides is 1. The molecule has 0 spiro atoms. The normalized spacial score (nSPS) is 13.4. The van der Waals surface area contributed by atoms with E-state index >= 15 is 0 Å². The average Bonchev–Trinajstić information content (AvgIpc) is 3.48. The van der Waals surface area contributed by atoms with E-state index in [9.17, 15) is 25.2 Å². The van der Waals surface area contributed by atoms with Gasteiger partial charge in [-0.05, 0) is 38.5 Å². The second kappa shape index (κ2) is 70.8. The number of rotatable bonds is 72. The van der Waals surface area contributed by atoms with Gasteiger partial charge < -0.3 is 25.7 Å². The molecule has 6 nitrogen and oxygen atoms in total. The fraction of sp³-hybridized carbons (Fsp3) is 0.961. The van der Waals surface area contributed by atoms with Crippen LogP contribution in [-0.2, 0) is 4.79 Å². The smallest absolute Gasteiger partial charge is 0.249 e. The van der Waals surface area contributed by atoms with Crippen LogP contribution in [0.3, 0.4) is 0 Å². The van der Waals surface area contributed by atoms with E-state index < -0.39 is 36.9 Å². The maximum Gasteiger partial charge on any atom is 0.249 e. The number of hydrogen-bond acceptors (Lipinski definition) is 5. The Balaban J connectivity index is 3.50. The molecule has 0 saturated heterocycles. The van der Waals surface area contributed by atoms with Gasteiger partial charge in [-0.1, -0.05) is 411 Å². The minimum atomic E-state index is -1.28. The van der Waals surface area contributed by atoms with Gasteiger partial charge in [0.25, 0.3) is 0 Å². The minimum absolute atomic E-state index is 0.369. The van der Waals surface area contributed by atoms with Gasteiger partial charge in [-0.15, -0.1) is 0 Å². The van der Waals surface area contributed by atoms with E-state index in [1.165, 1.54) is 372 Å². The standard InChI is InChI=1S/C76H151NO5/c1-3-5-7-9-11-13-15-17-19-21-23-25-27-29-31-33-35-36-37-38-39-40-42-44-46-48-50-52-54-56-58-60-62-64-66-68-70-74(80)76(82)77-72(71-78)75(81)73(79)69-67-65-63-61-59-57-55-53-51-49-47-45-43-41-34-32-30-28-26-24-22-20-18-16-14-12-10-8-6-4-2/h61,63,72-75,78-81H,3-60,62,64-71H2,1-2H3,(H,77,82)/b63-61+. The summed E-state index contributed by atoms with van der Waals surface area (Å²) in [5, 5.41) is 44.3. The predicted octanol–water partition coefficient (Wildman–Crippen LogP) is 23.9. The van der Waals surface area contributed by atoms with Crippen LogP contribution in [0.15, 0.2) is 12.2 Å². The number of allylic oxidation sites excluding steroid dienone is 2. The molecule has 1 amide bonds. The molecule has 0 fully saturated rings. The summed E-state index contributed by atoms with van der Waals surface area (Å²) >= 11 is 0. The van der Waals surface area contributed by atoms with Crippen molar-refractivity contribution in [2.24, 2.45) is 0 Å². The van der Waals surface area contributed by atoms with Crippen molar-refractivity contribution in [1.82, 2.24) is 5.32 Å². The molecule has 490 valence electrons. The highest BCUT2D eigenvalue weighted by molar-refractivity contribution is 5.80. The van der Waals surface area contributed by atoms with Crippen molar-refractivity contribution in [3.8, 4) is 0 Å². The van der Waals surface area contributed by atoms with E-state index in [4.69, 9.17) is 0 Å². The Morgan fingerprint density at radius 3 is 0.732 bits per heavy atom. The fourth-order valence-electron chi connectivity index (χ4n) is 12.6. The van der Waals surface area contributed by atoms with Gasteiger partial charge in [0.05, 0.1) is 18.8 Å². The summed E-state index contributed by atoms with van der Waals surface area (Å²) in [4.78, 5) is 12.7. The molecule has 0 rings (SSSR count). The number of unbranched alkanes of at least 4 members (excludes halogenated alkanes) is 61. The van der Waals surface area contributed by atoms with Crippen LogP contribution in [0.4, 0.5) is 0 Å². The summed E-state index contributed by atoms with van der Waals surface area (Å²) in [6.45, 7) is 4.11. The first kappa shape index (κ1) is 81.0. The average molecular weight is 1160 g/mol. The zero-order chi connectivity index (χ0) is 59.4. The van der Waals surface area contributed by atoms with Crippen molar-refractivity contribution < 1.29 is 25.2 Å². The van der Waals surface area contributed by atoms with Crippen molar-refractivity contribution in [3.63, 3.8) is 0 Å². The van der Waals surface area contributed by atoms with Crippen LogP contribution in [0.25, 0.3) is 0 Å². The van der Waals surface area contributed by atoms with Gasteiger partial charge in [0.1, 0.15) is 12.2 Å². The zero-order valence-electron chi connectivity index (χ0n) is 56.0. The summed E-state index contributed by atoms with van der Waals surface area (Å²) < 4.78 is 0. The summed E-state index contributed by atoms with van der Waals surface area (Å²) in [6.07, 6.45) is 89.5. The Hall–Kier alpha value is -0.950. The van der Waals surface area contributed by atoms with E-state index in [0.29, 0.717) is 12.8 Å². The van der Waals surface area contributed by atoms with Crippen LogP contribution in [-0.4, -0.2) is 57.3 Å². The number of carbonyl (C=O) groups is 1. The first-order valence-corrected chi connectivity index (χ1v) is 38.1. The van der Waals surface area contributed by atoms with Crippen molar-refractivity contribution in [1.29, 1.82) is 0 Å². The Kier molecular flexibility index (Phi) is 70.0. The number of aliphatic hydroxyl groups excluding tert-OH is 4. The molecular formula is C76H151NO5. The molecule has 82 heavy (non-hydrogen) atoms. The lowest BCUT2D eigenvalue weighted by molar-refractivity contribution is -0.132. The quantitative estimate of drug-likeness (QED) is 0.0308. The second-order valence-corrected chi connectivity index (χ2v) is 26.7. The van der Waals surface area contributed by atoms with Crippen LogP contribution in [0.5, 0.6) is 0 Å². The third kappa shape index (κ3) is 63.5.